The minimum atomic E-state index is -0.377. The number of nitrogens with one attached hydrogen (secondary N) is 1. The van der Waals surface area contributed by atoms with Gasteiger partial charge in [-0.25, -0.2) is 0 Å². The molecule has 3 nitrogen and oxygen atoms in total. The fourth-order valence-electron chi connectivity index (χ4n) is 1.98. The summed E-state index contributed by atoms with van der Waals surface area (Å²) in [5, 5.41) is 13.1. The Bertz CT molecular complexity index is 558. The Kier molecular flexibility index (Phi) is 6.05. The molecule has 0 bridgehead atoms. The van der Waals surface area contributed by atoms with Gasteiger partial charge in [0, 0.05) is 23.7 Å². The van der Waals surface area contributed by atoms with Gasteiger partial charge in [-0.15, -0.1) is 0 Å². The molecular weight excluding hydrogens is 286 g/mol. The molecule has 0 spiro atoms. The van der Waals surface area contributed by atoms with Crippen molar-refractivity contribution in [2.45, 2.75) is 26.2 Å². The van der Waals surface area contributed by atoms with Crippen molar-refractivity contribution in [1.82, 2.24) is 5.32 Å². The first kappa shape index (κ1) is 15.8. The number of benzene rings is 2. The van der Waals surface area contributed by atoms with Crippen LogP contribution in [0.4, 0.5) is 0 Å². The zero-order valence-corrected chi connectivity index (χ0v) is 12.8. The van der Waals surface area contributed by atoms with Crippen molar-refractivity contribution in [2.75, 3.05) is 6.54 Å². The van der Waals surface area contributed by atoms with Gasteiger partial charge in [0.25, 0.3) is 0 Å². The van der Waals surface area contributed by atoms with E-state index in [1.807, 2.05) is 48.5 Å². The third-order valence-corrected chi connectivity index (χ3v) is 3.25. The Labute approximate surface area is 130 Å². The molecule has 2 rings (SSSR count). The Balaban J connectivity index is 2.00. The fraction of sp³-hybridized carbons (Fsp3) is 0.294. The molecule has 2 aromatic rings. The second-order valence-electron chi connectivity index (χ2n) is 5.01. The summed E-state index contributed by atoms with van der Waals surface area (Å²) in [6.07, 6.45) is -0.377. The molecule has 1 atom stereocenters. The number of ether oxygens (including phenoxy) is 1. The van der Waals surface area contributed by atoms with Gasteiger partial charge in [0.05, 0.1) is 6.10 Å². The molecule has 0 aliphatic carbocycles. The maximum absolute atomic E-state index is 9.29. The third kappa shape index (κ3) is 5.38. The number of rotatable bonds is 7. The molecule has 112 valence electrons. The van der Waals surface area contributed by atoms with E-state index in [2.05, 4.69) is 5.32 Å². The van der Waals surface area contributed by atoms with Crippen LogP contribution in [0.3, 0.4) is 0 Å². The van der Waals surface area contributed by atoms with Crippen LogP contribution in [0.15, 0.2) is 48.5 Å². The first-order chi connectivity index (χ1) is 10.1. The van der Waals surface area contributed by atoms with Crippen LogP contribution in [0.5, 0.6) is 5.75 Å². The Hall–Kier alpha value is -1.55. The number of aliphatic hydroxyl groups is 1. The molecular formula is C17H20ClNO2. The second kappa shape index (κ2) is 8.03. The zero-order valence-electron chi connectivity index (χ0n) is 12.1. The fourth-order valence-corrected chi connectivity index (χ4v) is 2.17. The standard InChI is InChI=1S/C17H20ClNO2/c1-13(20)10-19-11-15-9-16(18)7-8-17(15)21-12-14-5-3-2-4-6-14/h2-9,13,19-20H,10-12H2,1H3/t13-/m0/s1. The van der Waals surface area contributed by atoms with Gasteiger partial charge in [-0.1, -0.05) is 41.9 Å². The molecule has 0 heterocycles. The summed E-state index contributed by atoms with van der Waals surface area (Å²) in [6, 6.07) is 15.6. The normalized spacial score (nSPS) is 12.1. The molecule has 0 saturated carbocycles. The second-order valence-corrected chi connectivity index (χ2v) is 5.44. The van der Waals surface area contributed by atoms with Crippen molar-refractivity contribution in [1.29, 1.82) is 0 Å². The minimum Gasteiger partial charge on any atom is -0.489 e. The Morgan fingerprint density at radius 2 is 1.95 bits per heavy atom. The molecule has 21 heavy (non-hydrogen) atoms. The largest absolute Gasteiger partial charge is 0.489 e. The van der Waals surface area contributed by atoms with Gasteiger partial charge < -0.3 is 15.2 Å². The number of halogens is 1. The van der Waals surface area contributed by atoms with E-state index in [1.54, 1.807) is 6.92 Å². The smallest absolute Gasteiger partial charge is 0.124 e. The van der Waals surface area contributed by atoms with Gasteiger partial charge in [-0.2, -0.15) is 0 Å². The Morgan fingerprint density at radius 3 is 2.67 bits per heavy atom. The van der Waals surface area contributed by atoms with Crippen molar-refractivity contribution in [3.63, 3.8) is 0 Å². The van der Waals surface area contributed by atoms with Crippen LogP contribution in [0.25, 0.3) is 0 Å². The van der Waals surface area contributed by atoms with Gasteiger partial charge in [-0.3, -0.25) is 0 Å². The first-order valence-electron chi connectivity index (χ1n) is 6.99. The minimum absolute atomic E-state index is 0.377. The molecule has 4 heteroatoms. The molecule has 0 saturated heterocycles. The van der Waals surface area contributed by atoms with Crippen LogP contribution < -0.4 is 10.1 Å². The highest BCUT2D eigenvalue weighted by atomic mass is 35.5. The van der Waals surface area contributed by atoms with Crippen molar-refractivity contribution < 1.29 is 9.84 Å². The van der Waals surface area contributed by atoms with Crippen molar-refractivity contribution >= 4 is 11.6 Å². The molecule has 0 unspecified atom stereocenters. The van der Waals surface area contributed by atoms with Gasteiger partial charge >= 0.3 is 0 Å². The lowest BCUT2D eigenvalue weighted by molar-refractivity contribution is 0.190. The molecule has 2 aromatic carbocycles. The summed E-state index contributed by atoms with van der Waals surface area (Å²) in [5.41, 5.74) is 2.11. The number of hydrogen-bond donors (Lipinski definition) is 2. The third-order valence-electron chi connectivity index (χ3n) is 3.01. The molecule has 0 aliphatic heterocycles. The van der Waals surface area contributed by atoms with E-state index in [0.717, 1.165) is 16.9 Å². The van der Waals surface area contributed by atoms with Crippen molar-refractivity contribution in [3.8, 4) is 5.75 Å². The summed E-state index contributed by atoms with van der Waals surface area (Å²) in [6.45, 7) is 3.41. The van der Waals surface area contributed by atoms with Crippen LogP contribution >= 0.6 is 11.6 Å². The van der Waals surface area contributed by atoms with Crippen LogP contribution in [-0.4, -0.2) is 17.8 Å². The molecule has 0 aromatic heterocycles. The lowest BCUT2D eigenvalue weighted by Gasteiger charge is -2.13. The first-order valence-corrected chi connectivity index (χ1v) is 7.37. The molecule has 0 fully saturated rings. The van der Waals surface area contributed by atoms with Gasteiger partial charge in [0.1, 0.15) is 12.4 Å². The lowest BCUT2D eigenvalue weighted by Crippen LogP contribution is -2.24. The monoisotopic (exact) mass is 305 g/mol. The highest BCUT2D eigenvalue weighted by Gasteiger charge is 2.06. The molecule has 0 aliphatic rings. The predicted octanol–water partition coefficient (Wildman–Crippen LogP) is 3.39. The van der Waals surface area contributed by atoms with E-state index in [1.165, 1.54) is 0 Å². The number of aliphatic hydroxyl groups excluding tert-OH is 1. The lowest BCUT2D eigenvalue weighted by atomic mass is 10.2. The maximum Gasteiger partial charge on any atom is 0.124 e. The summed E-state index contributed by atoms with van der Waals surface area (Å²) >= 11 is 6.04. The zero-order chi connectivity index (χ0) is 15.1. The van der Waals surface area contributed by atoms with Gasteiger partial charge in [0.15, 0.2) is 0 Å². The van der Waals surface area contributed by atoms with E-state index in [0.29, 0.717) is 24.7 Å². The average molecular weight is 306 g/mol. The van der Waals surface area contributed by atoms with E-state index in [9.17, 15) is 5.11 Å². The molecule has 0 amide bonds. The summed E-state index contributed by atoms with van der Waals surface area (Å²) in [7, 11) is 0. The SMILES string of the molecule is C[C@H](O)CNCc1cc(Cl)ccc1OCc1ccccc1. The topological polar surface area (TPSA) is 41.5 Å². The van der Waals surface area contributed by atoms with Crippen LogP contribution in [0, 0.1) is 0 Å². The highest BCUT2D eigenvalue weighted by Crippen LogP contribution is 2.23. The van der Waals surface area contributed by atoms with Crippen LogP contribution in [0.2, 0.25) is 5.02 Å². The van der Waals surface area contributed by atoms with Crippen LogP contribution in [-0.2, 0) is 13.2 Å². The van der Waals surface area contributed by atoms with E-state index in [-0.39, 0.29) is 6.10 Å². The predicted molar refractivity (Wildman–Crippen MR) is 85.6 cm³/mol. The van der Waals surface area contributed by atoms with E-state index >= 15 is 0 Å². The van der Waals surface area contributed by atoms with Crippen molar-refractivity contribution in [3.05, 3.63) is 64.7 Å². The van der Waals surface area contributed by atoms with Crippen molar-refractivity contribution in [2.24, 2.45) is 0 Å². The van der Waals surface area contributed by atoms with E-state index < -0.39 is 0 Å². The average Bonchev–Trinajstić information content (AvgIpc) is 2.47. The maximum atomic E-state index is 9.29. The van der Waals surface area contributed by atoms with E-state index in [4.69, 9.17) is 16.3 Å². The summed E-state index contributed by atoms with van der Waals surface area (Å²) < 4.78 is 5.87. The molecule has 0 radical (unpaired) electrons. The molecule has 2 N–H and O–H groups in total. The highest BCUT2D eigenvalue weighted by molar-refractivity contribution is 6.30. The summed E-state index contributed by atoms with van der Waals surface area (Å²) in [4.78, 5) is 0. The van der Waals surface area contributed by atoms with Gasteiger partial charge in [0.2, 0.25) is 0 Å². The summed E-state index contributed by atoms with van der Waals surface area (Å²) in [5.74, 6) is 0.807. The Morgan fingerprint density at radius 1 is 1.19 bits per heavy atom. The quantitative estimate of drug-likeness (QED) is 0.824. The van der Waals surface area contributed by atoms with Gasteiger partial charge in [-0.05, 0) is 30.7 Å². The van der Waals surface area contributed by atoms with Crippen LogP contribution in [0.1, 0.15) is 18.1 Å². The number of hydrogen-bond acceptors (Lipinski definition) is 3.